The Labute approximate surface area is 290 Å². The van der Waals surface area contributed by atoms with Crippen molar-refractivity contribution in [2.24, 2.45) is 0 Å². The van der Waals surface area contributed by atoms with E-state index < -0.39 is 0 Å². The van der Waals surface area contributed by atoms with Crippen LogP contribution in [0.2, 0.25) is 0 Å². The van der Waals surface area contributed by atoms with Crippen LogP contribution in [0.1, 0.15) is 0 Å². The molecule has 2 nitrogen and oxygen atoms in total. The number of rotatable bonds is 5. The van der Waals surface area contributed by atoms with E-state index in [1.165, 1.54) is 77.1 Å². The van der Waals surface area contributed by atoms with Gasteiger partial charge < -0.3 is 9.55 Å². The van der Waals surface area contributed by atoms with E-state index in [1.807, 2.05) is 0 Å². The number of aromatic nitrogens is 2. The van der Waals surface area contributed by atoms with Crippen molar-refractivity contribution >= 4 is 43.6 Å². The summed E-state index contributed by atoms with van der Waals surface area (Å²) in [5.74, 6) is 0. The molecule has 0 bridgehead atoms. The van der Waals surface area contributed by atoms with Gasteiger partial charge in [-0.25, -0.2) is 0 Å². The number of fused-ring (bicyclic) bond motifs is 7. The monoisotopic (exact) mass is 636 g/mol. The van der Waals surface area contributed by atoms with Crippen molar-refractivity contribution in [2.75, 3.05) is 0 Å². The van der Waals surface area contributed by atoms with Gasteiger partial charge in [-0.2, -0.15) is 0 Å². The maximum Gasteiger partial charge on any atom is 0.0783 e. The molecule has 0 fully saturated rings. The molecule has 0 radical (unpaired) electrons. The summed E-state index contributed by atoms with van der Waals surface area (Å²) >= 11 is 0. The zero-order valence-corrected chi connectivity index (χ0v) is 27.3. The van der Waals surface area contributed by atoms with E-state index in [-0.39, 0.29) is 0 Å². The molecule has 0 saturated heterocycles. The van der Waals surface area contributed by atoms with E-state index in [0.717, 1.165) is 16.7 Å². The van der Waals surface area contributed by atoms with E-state index in [0.29, 0.717) is 0 Å². The minimum absolute atomic E-state index is 1.15. The molecule has 0 aliphatic heterocycles. The molecule has 10 aromatic rings. The molecular formula is C48H32N2. The molecule has 1 N–H and O–H groups in total. The highest BCUT2D eigenvalue weighted by atomic mass is 15.0. The van der Waals surface area contributed by atoms with Crippen molar-refractivity contribution in [3.63, 3.8) is 0 Å². The molecule has 0 unspecified atom stereocenters. The van der Waals surface area contributed by atoms with Crippen LogP contribution in [0.25, 0.3) is 93.8 Å². The minimum Gasteiger partial charge on any atom is -0.353 e. The van der Waals surface area contributed by atoms with Crippen LogP contribution in [-0.2, 0) is 0 Å². The van der Waals surface area contributed by atoms with Crippen LogP contribution in [0.4, 0.5) is 0 Å². The maximum absolute atomic E-state index is 3.79. The molecule has 2 heteroatoms. The first-order valence-electron chi connectivity index (χ1n) is 17.2. The van der Waals surface area contributed by atoms with Crippen LogP contribution in [0.3, 0.4) is 0 Å². The number of nitrogens with one attached hydrogen (secondary N) is 1. The first kappa shape index (κ1) is 28.4. The van der Waals surface area contributed by atoms with Crippen LogP contribution in [0.15, 0.2) is 188 Å². The van der Waals surface area contributed by atoms with Gasteiger partial charge in [-0.1, -0.05) is 152 Å². The Hall–Kier alpha value is -6.64. The summed E-state index contributed by atoms with van der Waals surface area (Å²) in [6.07, 6.45) is 0. The normalized spacial score (nSPS) is 11.6. The summed E-state index contributed by atoms with van der Waals surface area (Å²) in [6.45, 7) is 0. The lowest BCUT2D eigenvalue weighted by Gasteiger charge is -2.15. The second-order valence-electron chi connectivity index (χ2n) is 13.0. The van der Waals surface area contributed by atoms with Crippen molar-refractivity contribution in [3.05, 3.63) is 188 Å². The van der Waals surface area contributed by atoms with Crippen LogP contribution in [0, 0.1) is 0 Å². The first-order valence-corrected chi connectivity index (χ1v) is 17.2. The predicted octanol–water partition coefficient (Wildman–Crippen LogP) is 13.1. The Morgan fingerprint density at radius 2 is 0.860 bits per heavy atom. The molecular weight excluding hydrogens is 605 g/mol. The molecule has 2 heterocycles. The molecule has 50 heavy (non-hydrogen) atoms. The summed E-state index contributed by atoms with van der Waals surface area (Å²) < 4.78 is 2.46. The smallest absolute Gasteiger partial charge is 0.0783 e. The van der Waals surface area contributed by atoms with E-state index in [9.17, 15) is 0 Å². The summed E-state index contributed by atoms with van der Waals surface area (Å²) in [6, 6.07) is 68.1. The summed E-state index contributed by atoms with van der Waals surface area (Å²) in [5, 5.41) is 4.98. The van der Waals surface area contributed by atoms with Gasteiger partial charge in [0.2, 0.25) is 0 Å². The maximum atomic E-state index is 3.79. The van der Waals surface area contributed by atoms with Crippen molar-refractivity contribution in [3.8, 4) is 50.2 Å². The zero-order valence-electron chi connectivity index (χ0n) is 27.3. The molecule has 0 spiro atoms. The van der Waals surface area contributed by atoms with Gasteiger partial charge in [-0.05, 0) is 75.3 Å². The average Bonchev–Trinajstić information content (AvgIpc) is 3.74. The molecule has 0 aliphatic carbocycles. The highest BCUT2D eigenvalue weighted by molar-refractivity contribution is 6.23. The lowest BCUT2D eigenvalue weighted by atomic mass is 9.94. The fraction of sp³-hybridized carbons (Fsp3) is 0. The fourth-order valence-electron chi connectivity index (χ4n) is 7.79. The molecule has 0 amide bonds. The summed E-state index contributed by atoms with van der Waals surface area (Å²) in [4.78, 5) is 3.79. The lowest BCUT2D eigenvalue weighted by Crippen LogP contribution is -1.97. The average molecular weight is 637 g/mol. The molecule has 0 aliphatic rings. The second kappa shape index (κ2) is 11.5. The number of para-hydroxylation sites is 3. The molecule has 10 rings (SSSR count). The van der Waals surface area contributed by atoms with Gasteiger partial charge in [-0.15, -0.1) is 0 Å². The Morgan fingerprint density at radius 1 is 0.340 bits per heavy atom. The van der Waals surface area contributed by atoms with E-state index in [2.05, 4.69) is 198 Å². The Bertz CT molecular complexity index is 2870. The minimum atomic E-state index is 1.15. The Morgan fingerprint density at radius 3 is 1.60 bits per heavy atom. The van der Waals surface area contributed by atoms with Gasteiger partial charge in [0.1, 0.15) is 0 Å². The topological polar surface area (TPSA) is 20.7 Å². The first-order chi connectivity index (χ1) is 24.8. The highest BCUT2D eigenvalue weighted by Gasteiger charge is 2.19. The van der Waals surface area contributed by atoms with Crippen molar-refractivity contribution < 1.29 is 0 Å². The predicted molar refractivity (Wildman–Crippen MR) is 212 cm³/mol. The van der Waals surface area contributed by atoms with E-state index >= 15 is 0 Å². The molecule has 8 aromatic carbocycles. The number of nitrogens with zero attached hydrogens (tertiary/aromatic N) is 1. The van der Waals surface area contributed by atoms with Crippen LogP contribution >= 0.6 is 0 Å². The Balaban J connectivity index is 1.12. The van der Waals surface area contributed by atoms with Gasteiger partial charge in [-0.3, -0.25) is 0 Å². The third-order valence-electron chi connectivity index (χ3n) is 10.1. The second-order valence-corrected chi connectivity index (χ2v) is 13.0. The molecule has 2 aromatic heterocycles. The molecule has 0 atom stereocenters. The molecule has 0 saturated carbocycles. The quantitative estimate of drug-likeness (QED) is 0.194. The number of H-pyrrole nitrogens is 1. The zero-order chi connectivity index (χ0) is 33.0. The van der Waals surface area contributed by atoms with Crippen LogP contribution in [-0.4, -0.2) is 9.55 Å². The number of benzene rings is 8. The Kier molecular flexibility index (Phi) is 6.53. The SMILES string of the molecule is c1ccc(-c2cccc(-c3cccc(-c4cccc(-c5ccccc5-n5c6ccccc6c6ccc7c8ccccc8[nH]c7c65)c4)c3)c2)cc1. The third-order valence-corrected chi connectivity index (χ3v) is 10.1. The number of hydrogen-bond acceptors (Lipinski definition) is 0. The van der Waals surface area contributed by atoms with Gasteiger partial charge in [0.05, 0.1) is 22.2 Å². The van der Waals surface area contributed by atoms with Gasteiger partial charge in [0, 0.05) is 32.6 Å². The largest absolute Gasteiger partial charge is 0.353 e. The van der Waals surface area contributed by atoms with E-state index in [1.54, 1.807) is 0 Å². The van der Waals surface area contributed by atoms with Gasteiger partial charge >= 0.3 is 0 Å². The fourth-order valence-corrected chi connectivity index (χ4v) is 7.79. The third kappa shape index (κ3) is 4.57. The van der Waals surface area contributed by atoms with E-state index in [4.69, 9.17) is 0 Å². The highest BCUT2D eigenvalue weighted by Crippen LogP contribution is 2.41. The van der Waals surface area contributed by atoms with Crippen molar-refractivity contribution in [2.45, 2.75) is 0 Å². The van der Waals surface area contributed by atoms with Crippen molar-refractivity contribution in [1.82, 2.24) is 9.55 Å². The standard InChI is InChI=1S/C48H32N2/c1-2-13-32(14-3-1)33-15-10-16-34(29-33)35-17-11-18-36(30-35)37-19-12-20-38(31-37)39-21-5-8-25-45(39)50-46-26-9-6-23-41(46)43-28-27-42-40-22-4-7-24-44(40)49-47(42)48(43)50/h1-31,49H. The van der Waals surface area contributed by atoms with Crippen LogP contribution < -0.4 is 0 Å². The van der Waals surface area contributed by atoms with Gasteiger partial charge in [0.25, 0.3) is 0 Å². The van der Waals surface area contributed by atoms with Crippen molar-refractivity contribution in [1.29, 1.82) is 0 Å². The van der Waals surface area contributed by atoms with Gasteiger partial charge in [0.15, 0.2) is 0 Å². The lowest BCUT2D eigenvalue weighted by molar-refractivity contribution is 1.18. The number of hydrogen-bond donors (Lipinski definition) is 1. The molecule has 234 valence electrons. The van der Waals surface area contributed by atoms with Crippen LogP contribution in [0.5, 0.6) is 0 Å². The summed E-state index contributed by atoms with van der Waals surface area (Å²) in [5.41, 5.74) is 15.5. The summed E-state index contributed by atoms with van der Waals surface area (Å²) in [7, 11) is 0. The number of aromatic amines is 1.